The Morgan fingerprint density at radius 2 is 2.17 bits per heavy atom. The van der Waals surface area contributed by atoms with E-state index in [1.54, 1.807) is 12.0 Å². The van der Waals surface area contributed by atoms with E-state index in [4.69, 9.17) is 9.84 Å². The van der Waals surface area contributed by atoms with E-state index in [9.17, 15) is 9.59 Å². The lowest BCUT2D eigenvalue weighted by molar-refractivity contribution is -0.141. The summed E-state index contributed by atoms with van der Waals surface area (Å²) in [6, 6.07) is 0. The first kappa shape index (κ1) is 14.5. The van der Waals surface area contributed by atoms with E-state index in [0.717, 1.165) is 0 Å². The van der Waals surface area contributed by atoms with Gasteiger partial charge >= 0.3 is 5.97 Å². The summed E-state index contributed by atoms with van der Waals surface area (Å²) in [5.41, 5.74) is 0. The van der Waals surface area contributed by atoms with Crippen molar-refractivity contribution >= 4 is 11.9 Å². The fourth-order valence-corrected chi connectivity index (χ4v) is 1.93. The first-order chi connectivity index (χ1) is 8.54. The zero-order valence-electron chi connectivity index (χ0n) is 10.8. The van der Waals surface area contributed by atoms with Gasteiger partial charge in [0.25, 0.3) is 0 Å². The smallest absolute Gasteiger partial charge is 0.303 e. The molecule has 0 bridgehead atoms. The van der Waals surface area contributed by atoms with Crippen LogP contribution in [-0.4, -0.2) is 48.2 Å². The van der Waals surface area contributed by atoms with E-state index in [-0.39, 0.29) is 30.8 Å². The molecule has 0 spiro atoms. The van der Waals surface area contributed by atoms with Crippen LogP contribution in [-0.2, 0) is 14.3 Å². The molecule has 5 nitrogen and oxygen atoms in total. The quantitative estimate of drug-likeness (QED) is 0.750. The Kier molecular flexibility index (Phi) is 5.66. The average Bonchev–Trinajstić information content (AvgIpc) is 2.31. The zero-order chi connectivity index (χ0) is 13.5. The van der Waals surface area contributed by atoms with Crippen LogP contribution in [0.3, 0.4) is 0 Å². The molecule has 0 saturated carbocycles. The molecule has 1 amide bonds. The number of carboxylic acids is 1. The molecule has 1 aliphatic heterocycles. The molecule has 0 aliphatic carbocycles. The zero-order valence-corrected chi connectivity index (χ0v) is 10.8. The largest absolute Gasteiger partial charge is 0.481 e. The third kappa shape index (κ3) is 4.38. The van der Waals surface area contributed by atoms with E-state index in [2.05, 4.69) is 11.8 Å². The molecule has 1 aliphatic rings. The SMILES string of the molecule is COC1C#CCCN(C(=O)CCC(=O)O)C[C@@H]1C. The van der Waals surface area contributed by atoms with Gasteiger partial charge in [-0.05, 0) is 0 Å². The Hall–Kier alpha value is -1.54. The molecule has 1 unspecified atom stereocenters. The maximum absolute atomic E-state index is 11.9. The molecule has 18 heavy (non-hydrogen) atoms. The molecule has 0 aromatic carbocycles. The van der Waals surface area contributed by atoms with Crippen molar-refractivity contribution in [2.45, 2.75) is 32.3 Å². The molecule has 1 rings (SSSR count). The van der Waals surface area contributed by atoms with E-state index in [0.29, 0.717) is 19.5 Å². The van der Waals surface area contributed by atoms with E-state index < -0.39 is 5.97 Å². The maximum atomic E-state index is 11.9. The summed E-state index contributed by atoms with van der Waals surface area (Å²) in [6.45, 7) is 3.10. The van der Waals surface area contributed by atoms with Gasteiger partial charge in [0.05, 0.1) is 6.42 Å². The van der Waals surface area contributed by atoms with Crippen LogP contribution in [0.2, 0.25) is 0 Å². The molecule has 0 saturated heterocycles. The highest BCUT2D eigenvalue weighted by atomic mass is 16.5. The summed E-state index contributed by atoms with van der Waals surface area (Å²) in [7, 11) is 1.61. The number of ether oxygens (including phenoxy) is 1. The van der Waals surface area contributed by atoms with E-state index in [1.165, 1.54) is 0 Å². The van der Waals surface area contributed by atoms with Crippen LogP contribution >= 0.6 is 0 Å². The minimum Gasteiger partial charge on any atom is -0.481 e. The molecule has 0 aromatic rings. The summed E-state index contributed by atoms with van der Waals surface area (Å²) in [4.78, 5) is 24.0. The van der Waals surface area contributed by atoms with E-state index in [1.807, 2.05) is 6.92 Å². The predicted octanol–water partition coefficient (Wildman–Crippen LogP) is 0.738. The molecular weight excluding hydrogens is 234 g/mol. The van der Waals surface area contributed by atoms with Gasteiger partial charge in [-0.15, -0.1) is 0 Å². The van der Waals surface area contributed by atoms with Gasteiger partial charge in [-0.2, -0.15) is 0 Å². The van der Waals surface area contributed by atoms with Gasteiger partial charge in [-0.25, -0.2) is 0 Å². The monoisotopic (exact) mass is 253 g/mol. The number of rotatable bonds is 4. The lowest BCUT2D eigenvalue weighted by Gasteiger charge is -2.28. The highest BCUT2D eigenvalue weighted by Gasteiger charge is 2.22. The second-order valence-corrected chi connectivity index (χ2v) is 4.44. The number of methoxy groups -OCH3 is 1. The van der Waals surface area contributed by atoms with Crippen molar-refractivity contribution in [1.29, 1.82) is 0 Å². The second kappa shape index (κ2) is 7.02. The standard InChI is InChI=1S/C13H19NO4/c1-10-9-14(12(15)6-7-13(16)17)8-4-3-5-11(10)18-2/h10-11H,4,6-9H2,1-2H3,(H,16,17)/t10-,11?/m0/s1. The molecule has 1 heterocycles. The minimum absolute atomic E-state index is 0.0487. The Bertz CT molecular complexity index is 369. The van der Waals surface area contributed by atoms with Crippen molar-refractivity contribution in [2.75, 3.05) is 20.2 Å². The van der Waals surface area contributed by atoms with Crippen molar-refractivity contribution in [3.8, 4) is 11.8 Å². The van der Waals surface area contributed by atoms with Crippen LogP contribution in [0.25, 0.3) is 0 Å². The van der Waals surface area contributed by atoms with Crippen molar-refractivity contribution in [2.24, 2.45) is 5.92 Å². The van der Waals surface area contributed by atoms with Gasteiger partial charge in [0.1, 0.15) is 6.10 Å². The fourth-order valence-electron chi connectivity index (χ4n) is 1.93. The number of carbonyl (C=O) groups excluding carboxylic acids is 1. The number of amides is 1. The molecule has 2 atom stereocenters. The van der Waals surface area contributed by atoms with Gasteiger partial charge in [-0.3, -0.25) is 9.59 Å². The summed E-state index contributed by atoms with van der Waals surface area (Å²) < 4.78 is 5.26. The third-order valence-electron chi connectivity index (χ3n) is 2.94. The Morgan fingerprint density at radius 3 is 2.78 bits per heavy atom. The van der Waals surface area contributed by atoms with Crippen LogP contribution in [0.4, 0.5) is 0 Å². The Labute approximate surface area is 107 Å². The molecule has 1 N–H and O–H groups in total. The molecule has 0 radical (unpaired) electrons. The van der Waals surface area contributed by atoms with Gasteiger partial charge in [0.2, 0.25) is 5.91 Å². The van der Waals surface area contributed by atoms with Crippen molar-refractivity contribution in [1.82, 2.24) is 4.90 Å². The van der Waals surface area contributed by atoms with Gasteiger partial charge in [0, 0.05) is 39.0 Å². The topological polar surface area (TPSA) is 66.8 Å². The van der Waals surface area contributed by atoms with Crippen molar-refractivity contribution in [3.63, 3.8) is 0 Å². The summed E-state index contributed by atoms with van der Waals surface area (Å²) in [5.74, 6) is 5.06. The normalized spacial score (nSPS) is 23.6. The van der Waals surface area contributed by atoms with Gasteiger partial charge in [-0.1, -0.05) is 18.8 Å². The number of aliphatic carboxylic acids is 1. The number of hydrogen-bond acceptors (Lipinski definition) is 3. The van der Waals surface area contributed by atoms with E-state index >= 15 is 0 Å². The molecular formula is C13H19NO4. The number of carbonyl (C=O) groups is 2. The van der Waals surface area contributed by atoms with Crippen LogP contribution in [0, 0.1) is 17.8 Å². The molecule has 100 valence electrons. The van der Waals surface area contributed by atoms with Crippen LogP contribution in [0.5, 0.6) is 0 Å². The van der Waals surface area contributed by atoms with Crippen molar-refractivity contribution in [3.05, 3.63) is 0 Å². The lowest BCUT2D eigenvalue weighted by Crippen LogP contribution is -2.40. The highest BCUT2D eigenvalue weighted by molar-refractivity contribution is 5.80. The number of hydrogen-bond donors (Lipinski definition) is 1. The minimum atomic E-state index is -0.946. The fraction of sp³-hybridized carbons (Fsp3) is 0.692. The molecule has 5 heteroatoms. The first-order valence-electron chi connectivity index (χ1n) is 6.05. The van der Waals surface area contributed by atoms with Crippen LogP contribution in [0.15, 0.2) is 0 Å². The van der Waals surface area contributed by atoms with Crippen molar-refractivity contribution < 1.29 is 19.4 Å². The molecule has 0 aromatic heterocycles. The Balaban J connectivity index is 2.60. The first-order valence-corrected chi connectivity index (χ1v) is 6.05. The average molecular weight is 253 g/mol. The lowest BCUT2D eigenvalue weighted by atomic mass is 10.0. The van der Waals surface area contributed by atoms with Crippen LogP contribution < -0.4 is 0 Å². The maximum Gasteiger partial charge on any atom is 0.303 e. The molecule has 0 fully saturated rings. The van der Waals surface area contributed by atoms with Gasteiger partial charge < -0.3 is 14.7 Å². The summed E-state index contributed by atoms with van der Waals surface area (Å²) >= 11 is 0. The Morgan fingerprint density at radius 1 is 1.44 bits per heavy atom. The van der Waals surface area contributed by atoms with Gasteiger partial charge in [0.15, 0.2) is 0 Å². The number of nitrogens with zero attached hydrogens (tertiary/aromatic N) is 1. The summed E-state index contributed by atoms with van der Waals surface area (Å²) in [5, 5.41) is 8.58. The number of carboxylic acid groups (broad SMARTS) is 1. The highest BCUT2D eigenvalue weighted by Crippen LogP contribution is 2.12. The third-order valence-corrected chi connectivity index (χ3v) is 2.94. The predicted molar refractivity (Wildman–Crippen MR) is 65.8 cm³/mol. The summed E-state index contributed by atoms with van der Waals surface area (Å²) in [6.07, 6.45) is 0.363. The second-order valence-electron chi connectivity index (χ2n) is 4.44. The van der Waals surface area contributed by atoms with Crippen LogP contribution in [0.1, 0.15) is 26.2 Å².